The molecule has 0 spiro atoms. The molecule has 0 saturated carbocycles. The molecule has 0 aliphatic carbocycles. The third-order valence-electron chi connectivity index (χ3n) is 4.52. The minimum absolute atomic E-state index is 0.0879. The van der Waals surface area contributed by atoms with Gasteiger partial charge in [0.25, 0.3) is 0 Å². The van der Waals surface area contributed by atoms with Crippen molar-refractivity contribution in [1.82, 2.24) is 5.32 Å². The first-order chi connectivity index (χ1) is 16.0. The molecule has 9 heteroatoms. The van der Waals surface area contributed by atoms with Gasteiger partial charge in [0.05, 0.1) is 17.3 Å². The molecular formula is C25H29N3O6. The van der Waals surface area contributed by atoms with Gasteiger partial charge in [-0.1, -0.05) is 42.5 Å². The quantitative estimate of drug-likeness (QED) is 0.390. The normalized spacial score (nSPS) is 13.5. The van der Waals surface area contributed by atoms with Crippen LogP contribution in [0.1, 0.15) is 39.2 Å². The zero-order chi connectivity index (χ0) is 25.1. The molecule has 0 fully saturated rings. The first-order valence-electron chi connectivity index (χ1n) is 10.7. The highest BCUT2D eigenvalue weighted by molar-refractivity contribution is 5.81. The zero-order valence-electron chi connectivity index (χ0n) is 19.3. The number of nitrogens with one attached hydrogen (secondary N) is 1. The minimum atomic E-state index is -1.39. The van der Waals surface area contributed by atoms with E-state index in [9.17, 15) is 24.6 Å². The number of ether oxygens (including phenoxy) is 1. The monoisotopic (exact) mass is 467 g/mol. The van der Waals surface area contributed by atoms with E-state index in [-0.39, 0.29) is 12.8 Å². The summed E-state index contributed by atoms with van der Waals surface area (Å²) < 4.78 is 5.06. The largest absolute Gasteiger partial charge is 0.481 e. The number of hydrogen-bond acceptors (Lipinski definition) is 6. The lowest BCUT2D eigenvalue weighted by atomic mass is 9.96. The van der Waals surface area contributed by atoms with Crippen LogP contribution in [0.2, 0.25) is 0 Å². The van der Waals surface area contributed by atoms with Crippen LogP contribution in [-0.2, 0) is 14.3 Å². The molecule has 0 heterocycles. The number of nitrogens with zero attached hydrogens (tertiary/aromatic N) is 2. The van der Waals surface area contributed by atoms with E-state index in [1.54, 1.807) is 45.1 Å². The molecule has 0 unspecified atom stereocenters. The minimum Gasteiger partial charge on any atom is -0.481 e. The summed E-state index contributed by atoms with van der Waals surface area (Å²) in [5.74, 6) is -3.49. The second-order valence-electron chi connectivity index (χ2n) is 8.57. The standard InChI is InChI=1S/C25H29N3O6/c1-25(2,3)34-24(33)26-21(23(31)32)16-18(22(29)30)9-7-8-17-12-14-20(15-13-17)28-27-19-10-5-4-6-11-19/h4-8,10-15,18,21H,9,16H2,1-3H3,(H,26,33)(H,29,30)(H,31,32)/b8-7+,28-27+/t18-,21+/m1/s1. The Morgan fingerprint density at radius 1 is 0.941 bits per heavy atom. The van der Waals surface area contributed by atoms with Gasteiger partial charge in [-0.05, 0) is 63.4 Å². The van der Waals surface area contributed by atoms with Crippen molar-refractivity contribution in [2.75, 3.05) is 0 Å². The molecule has 2 rings (SSSR count). The average molecular weight is 468 g/mol. The summed E-state index contributed by atoms with van der Waals surface area (Å²) in [6.07, 6.45) is 2.29. The van der Waals surface area contributed by atoms with Crippen molar-refractivity contribution in [1.29, 1.82) is 0 Å². The molecule has 1 amide bonds. The second-order valence-corrected chi connectivity index (χ2v) is 8.57. The second kappa shape index (κ2) is 12.3. The lowest BCUT2D eigenvalue weighted by Crippen LogP contribution is -2.45. The number of rotatable bonds is 10. The number of carboxylic acids is 2. The van der Waals surface area contributed by atoms with Crippen LogP contribution in [0.15, 0.2) is 70.9 Å². The molecule has 180 valence electrons. The molecule has 0 bridgehead atoms. The van der Waals surface area contributed by atoms with Gasteiger partial charge >= 0.3 is 18.0 Å². The molecule has 3 N–H and O–H groups in total. The van der Waals surface area contributed by atoms with Crippen LogP contribution < -0.4 is 5.32 Å². The average Bonchev–Trinajstić information content (AvgIpc) is 2.76. The molecule has 34 heavy (non-hydrogen) atoms. The summed E-state index contributed by atoms with van der Waals surface area (Å²) in [5, 5.41) is 29.5. The highest BCUT2D eigenvalue weighted by atomic mass is 16.6. The fourth-order valence-corrected chi connectivity index (χ4v) is 2.88. The van der Waals surface area contributed by atoms with Crippen molar-refractivity contribution in [2.24, 2.45) is 16.1 Å². The van der Waals surface area contributed by atoms with Gasteiger partial charge in [0.1, 0.15) is 11.6 Å². The number of alkyl carbamates (subject to hydrolysis) is 1. The topological polar surface area (TPSA) is 138 Å². The lowest BCUT2D eigenvalue weighted by Gasteiger charge is -2.23. The predicted octanol–water partition coefficient (Wildman–Crippen LogP) is 5.57. The van der Waals surface area contributed by atoms with E-state index in [0.29, 0.717) is 5.69 Å². The number of azo groups is 1. The first-order valence-corrected chi connectivity index (χ1v) is 10.7. The Labute approximate surface area is 198 Å². The summed E-state index contributed by atoms with van der Waals surface area (Å²) in [5.41, 5.74) is 1.43. The maximum atomic E-state index is 11.9. The van der Waals surface area contributed by atoms with Gasteiger partial charge < -0.3 is 20.3 Å². The zero-order valence-corrected chi connectivity index (χ0v) is 19.3. The number of hydrogen-bond donors (Lipinski definition) is 3. The van der Waals surface area contributed by atoms with Crippen LogP contribution in [0, 0.1) is 5.92 Å². The van der Waals surface area contributed by atoms with Crippen LogP contribution in [0.5, 0.6) is 0 Å². The summed E-state index contributed by atoms with van der Waals surface area (Å²) in [4.78, 5) is 35.1. The molecule has 2 aromatic rings. The van der Waals surface area contributed by atoms with Crippen molar-refractivity contribution in [3.8, 4) is 0 Å². The predicted molar refractivity (Wildman–Crippen MR) is 127 cm³/mol. The van der Waals surface area contributed by atoms with Gasteiger partial charge in [-0.3, -0.25) is 4.79 Å². The first kappa shape index (κ1) is 26.2. The number of carbonyl (C=O) groups is 3. The van der Waals surface area contributed by atoms with Crippen molar-refractivity contribution in [2.45, 2.75) is 45.3 Å². The molecule has 2 atom stereocenters. The summed E-state index contributed by atoms with van der Waals surface area (Å²) in [6, 6.07) is 15.1. The number of carboxylic acid groups (broad SMARTS) is 2. The Balaban J connectivity index is 1.96. The Bertz CT molecular complexity index is 1030. The molecular weight excluding hydrogens is 438 g/mol. The van der Waals surface area contributed by atoms with Gasteiger partial charge in [-0.2, -0.15) is 10.2 Å². The maximum absolute atomic E-state index is 11.9. The molecule has 0 aliphatic heterocycles. The van der Waals surface area contributed by atoms with E-state index in [2.05, 4.69) is 15.5 Å². The molecule has 9 nitrogen and oxygen atoms in total. The van der Waals surface area contributed by atoms with Gasteiger partial charge in [0.2, 0.25) is 0 Å². The van der Waals surface area contributed by atoms with E-state index in [1.165, 1.54) is 0 Å². The highest BCUT2D eigenvalue weighted by Gasteiger charge is 2.29. The lowest BCUT2D eigenvalue weighted by molar-refractivity contribution is -0.144. The van der Waals surface area contributed by atoms with Crippen LogP contribution >= 0.6 is 0 Å². The van der Waals surface area contributed by atoms with Gasteiger partial charge in [0, 0.05) is 0 Å². The smallest absolute Gasteiger partial charge is 0.408 e. The van der Waals surface area contributed by atoms with Crippen LogP contribution in [0.4, 0.5) is 16.2 Å². The summed E-state index contributed by atoms with van der Waals surface area (Å²) in [7, 11) is 0. The van der Waals surface area contributed by atoms with Crippen molar-refractivity contribution < 1.29 is 29.3 Å². The van der Waals surface area contributed by atoms with Crippen molar-refractivity contribution in [3.63, 3.8) is 0 Å². The Morgan fingerprint density at radius 3 is 2.06 bits per heavy atom. The van der Waals surface area contributed by atoms with Gasteiger partial charge in [-0.25, -0.2) is 9.59 Å². The van der Waals surface area contributed by atoms with E-state index in [4.69, 9.17) is 4.74 Å². The number of carbonyl (C=O) groups excluding carboxylic acids is 1. The number of aliphatic carboxylic acids is 2. The van der Waals surface area contributed by atoms with E-state index < -0.39 is 35.6 Å². The SMILES string of the molecule is CC(C)(C)OC(=O)N[C@@H](C[C@@H](C/C=C/c1ccc(/N=N/c2ccccc2)cc1)C(=O)O)C(=O)O. The maximum Gasteiger partial charge on any atom is 0.408 e. The molecule has 2 aromatic carbocycles. The third kappa shape index (κ3) is 9.64. The Hall–Kier alpha value is -4.01. The van der Waals surface area contributed by atoms with Crippen molar-refractivity contribution in [3.05, 3.63) is 66.2 Å². The van der Waals surface area contributed by atoms with E-state index in [0.717, 1.165) is 11.3 Å². The number of amides is 1. The van der Waals surface area contributed by atoms with E-state index >= 15 is 0 Å². The molecule has 0 aliphatic rings. The van der Waals surface area contributed by atoms with Crippen molar-refractivity contribution >= 4 is 35.5 Å². The fourth-order valence-electron chi connectivity index (χ4n) is 2.88. The number of allylic oxidation sites excluding steroid dienone is 1. The highest BCUT2D eigenvalue weighted by Crippen LogP contribution is 2.20. The third-order valence-corrected chi connectivity index (χ3v) is 4.52. The fraction of sp³-hybridized carbons (Fsp3) is 0.320. The number of benzene rings is 2. The summed E-state index contributed by atoms with van der Waals surface area (Å²) in [6.45, 7) is 4.93. The molecule has 0 radical (unpaired) electrons. The van der Waals surface area contributed by atoms with E-state index in [1.807, 2.05) is 42.5 Å². The van der Waals surface area contributed by atoms with Crippen LogP contribution in [0.25, 0.3) is 6.08 Å². The Kier molecular flexibility index (Phi) is 9.49. The Morgan fingerprint density at radius 2 is 1.53 bits per heavy atom. The van der Waals surface area contributed by atoms with Gasteiger partial charge in [-0.15, -0.1) is 0 Å². The van der Waals surface area contributed by atoms with Crippen LogP contribution in [0.3, 0.4) is 0 Å². The van der Waals surface area contributed by atoms with Gasteiger partial charge in [0.15, 0.2) is 0 Å². The molecule has 0 saturated heterocycles. The molecule has 0 aromatic heterocycles. The summed E-state index contributed by atoms with van der Waals surface area (Å²) >= 11 is 0. The van der Waals surface area contributed by atoms with Crippen LogP contribution in [-0.4, -0.2) is 39.9 Å².